The average Bonchev–Trinajstić information content (AvgIpc) is 3.52. The van der Waals surface area contributed by atoms with E-state index in [1.165, 1.54) is 37.0 Å². The number of nitrogens with one attached hydrogen (secondary N) is 1. The lowest BCUT2D eigenvalue weighted by Gasteiger charge is -2.44. The molecule has 4 fully saturated rings. The number of ether oxygens (including phenoxy) is 1. The second-order valence-corrected chi connectivity index (χ2v) is 15.0. The predicted molar refractivity (Wildman–Crippen MR) is 176 cm³/mol. The minimum Gasteiger partial charge on any atom is -0.461 e. The van der Waals surface area contributed by atoms with Crippen LogP contribution in [0.25, 0.3) is 0 Å². The van der Waals surface area contributed by atoms with Gasteiger partial charge in [-0.3, -0.25) is 4.79 Å². The number of carbonyl (C=O) groups excluding carboxylic acids is 1. The summed E-state index contributed by atoms with van der Waals surface area (Å²) < 4.78 is 6.32. The van der Waals surface area contributed by atoms with Gasteiger partial charge in [0, 0.05) is 24.7 Å². The van der Waals surface area contributed by atoms with Gasteiger partial charge in [0.15, 0.2) is 0 Å². The number of aliphatic hydroxyl groups is 2. The molecule has 0 bridgehead atoms. The smallest absolute Gasteiger partial charge is 0.306 e. The van der Waals surface area contributed by atoms with E-state index in [4.69, 9.17) is 9.72 Å². The Morgan fingerprint density at radius 1 is 1.18 bits per heavy atom. The number of hydrogen-bond donors (Lipinski definition) is 3. The second kappa shape index (κ2) is 14.1. The van der Waals surface area contributed by atoms with Crippen molar-refractivity contribution in [3.8, 4) is 0 Å². The van der Waals surface area contributed by atoms with Crippen LogP contribution in [-0.4, -0.2) is 44.5 Å². The Bertz CT molecular complexity index is 1230. The van der Waals surface area contributed by atoms with Crippen molar-refractivity contribution in [3.63, 3.8) is 0 Å². The fourth-order valence-electron chi connectivity index (χ4n) is 9.14. The van der Waals surface area contributed by atoms with Gasteiger partial charge in [-0.25, -0.2) is 4.98 Å². The number of fused-ring (bicyclic) bond motifs is 1. The average molecular weight is 607 g/mol. The van der Waals surface area contributed by atoms with E-state index in [0.29, 0.717) is 37.0 Å². The number of hydrogen-bond acceptors (Lipinski definition) is 5. The van der Waals surface area contributed by atoms with Gasteiger partial charge in [0.1, 0.15) is 11.9 Å². The van der Waals surface area contributed by atoms with E-state index >= 15 is 0 Å². The van der Waals surface area contributed by atoms with Gasteiger partial charge in [0.05, 0.1) is 17.6 Å². The number of imidazole rings is 1. The number of allylic oxidation sites excluding steroid dienone is 3. The maximum Gasteiger partial charge on any atom is 0.306 e. The number of aromatic amines is 1. The van der Waals surface area contributed by atoms with E-state index in [1.807, 2.05) is 6.20 Å². The number of aryl methyl sites for hydroxylation is 1. The number of unbranched alkanes of at least 4 members (excludes halogenated alkanes) is 1. The molecule has 6 heteroatoms. The van der Waals surface area contributed by atoms with Crippen LogP contribution in [0.1, 0.15) is 136 Å². The minimum absolute atomic E-state index is 0.0547. The van der Waals surface area contributed by atoms with E-state index < -0.39 is 12.2 Å². The topological polar surface area (TPSA) is 95.4 Å². The van der Waals surface area contributed by atoms with Crippen LogP contribution in [0.2, 0.25) is 0 Å². The molecule has 0 saturated heterocycles. The molecule has 244 valence electrons. The molecule has 4 saturated carbocycles. The monoisotopic (exact) mass is 606 g/mol. The van der Waals surface area contributed by atoms with Gasteiger partial charge in [-0.1, -0.05) is 64.8 Å². The minimum atomic E-state index is -0.646. The van der Waals surface area contributed by atoms with Crippen LogP contribution in [0.3, 0.4) is 0 Å². The molecule has 0 radical (unpaired) electrons. The molecule has 0 aromatic carbocycles. The predicted octanol–water partition coefficient (Wildman–Crippen LogP) is 8.05. The summed E-state index contributed by atoms with van der Waals surface area (Å²) in [6.07, 6.45) is 20.6. The lowest BCUT2D eigenvalue weighted by molar-refractivity contribution is -0.152. The highest BCUT2D eigenvalue weighted by Crippen LogP contribution is 2.60. The quantitative estimate of drug-likeness (QED) is 0.198. The van der Waals surface area contributed by atoms with Crippen LogP contribution in [-0.2, 0) is 21.4 Å². The number of rotatable bonds is 13. The summed E-state index contributed by atoms with van der Waals surface area (Å²) in [4.78, 5) is 21.3. The zero-order valence-corrected chi connectivity index (χ0v) is 27.9. The van der Waals surface area contributed by atoms with Gasteiger partial charge in [-0.2, -0.15) is 0 Å². The largest absolute Gasteiger partial charge is 0.461 e. The number of H-pyrrole nitrogens is 1. The number of carbonyl (C=O) groups is 1. The van der Waals surface area contributed by atoms with E-state index in [9.17, 15) is 15.0 Å². The van der Waals surface area contributed by atoms with Crippen molar-refractivity contribution in [3.05, 3.63) is 53.2 Å². The van der Waals surface area contributed by atoms with Gasteiger partial charge in [0.25, 0.3) is 0 Å². The molecular formula is C38H58N2O4. The molecule has 1 aromatic heterocycles. The molecule has 0 amide bonds. The van der Waals surface area contributed by atoms with Crippen LogP contribution < -0.4 is 0 Å². The first-order valence-corrected chi connectivity index (χ1v) is 17.8. The number of aliphatic hydroxyl groups excluding tert-OH is 2. The standard InChI is InChI=1S/C38H58N2O4/c1-6-8-12-35(43)44-34(38(20-21-38)36-39-24-29(40-36)10-7-2)18-13-25(3)31-16-17-32-27(11-9-19-37(31,32)5)14-15-28-22-30(41)23-33(42)26(28)4/h14-15,24-25,30-34,41-42H,4,6-13,16-23H2,1-3,5H3,(H,39,40)/t25-,30-,31-,32+,33+,34-,37-/m1/s1. The van der Waals surface area contributed by atoms with Gasteiger partial charge < -0.3 is 19.9 Å². The van der Waals surface area contributed by atoms with Gasteiger partial charge in [-0.15, -0.1) is 0 Å². The summed E-state index contributed by atoms with van der Waals surface area (Å²) >= 11 is 0. The highest BCUT2D eigenvalue weighted by atomic mass is 16.5. The fourth-order valence-corrected chi connectivity index (χ4v) is 9.14. The highest BCUT2D eigenvalue weighted by Gasteiger charge is 2.56. The first-order valence-electron chi connectivity index (χ1n) is 17.8. The summed E-state index contributed by atoms with van der Waals surface area (Å²) in [6.45, 7) is 13.4. The molecule has 4 aliphatic rings. The normalized spacial score (nSPS) is 32.9. The van der Waals surface area contributed by atoms with Crippen LogP contribution in [0.4, 0.5) is 0 Å². The molecule has 0 unspecified atom stereocenters. The highest BCUT2D eigenvalue weighted by molar-refractivity contribution is 5.69. The van der Waals surface area contributed by atoms with Crippen LogP contribution in [0.5, 0.6) is 0 Å². The lowest BCUT2D eigenvalue weighted by Crippen LogP contribution is -2.37. The molecule has 6 nitrogen and oxygen atoms in total. The second-order valence-electron chi connectivity index (χ2n) is 15.0. The molecule has 1 heterocycles. The fraction of sp³-hybridized carbons (Fsp3) is 0.737. The van der Waals surface area contributed by atoms with Crippen LogP contribution >= 0.6 is 0 Å². The Kier molecular flexibility index (Phi) is 10.6. The Morgan fingerprint density at radius 3 is 2.70 bits per heavy atom. The molecule has 4 aliphatic carbocycles. The van der Waals surface area contributed by atoms with Crippen molar-refractivity contribution in [1.82, 2.24) is 9.97 Å². The first kappa shape index (κ1) is 33.2. The maximum atomic E-state index is 12.9. The summed E-state index contributed by atoms with van der Waals surface area (Å²) in [6, 6.07) is 0. The number of aromatic nitrogens is 2. The van der Waals surface area contributed by atoms with Gasteiger partial charge >= 0.3 is 5.97 Å². The molecule has 0 aliphatic heterocycles. The van der Waals surface area contributed by atoms with Crippen molar-refractivity contribution in [1.29, 1.82) is 0 Å². The first-order chi connectivity index (χ1) is 21.1. The van der Waals surface area contributed by atoms with Gasteiger partial charge in [0.2, 0.25) is 0 Å². The molecule has 5 rings (SSSR count). The van der Waals surface area contributed by atoms with E-state index in [1.54, 1.807) is 0 Å². The Morgan fingerprint density at radius 2 is 1.98 bits per heavy atom. The van der Waals surface area contributed by atoms with E-state index in [0.717, 1.165) is 74.8 Å². The number of nitrogens with zero attached hydrogens (tertiary/aromatic N) is 1. The molecule has 7 atom stereocenters. The summed E-state index contributed by atoms with van der Waals surface area (Å²) in [5.41, 5.74) is 4.58. The van der Waals surface area contributed by atoms with Crippen LogP contribution in [0, 0.1) is 23.2 Å². The van der Waals surface area contributed by atoms with Crippen LogP contribution in [0.15, 0.2) is 41.6 Å². The molecule has 3 N–H and O–H groups in total. The van der Waals surface area contributed by atoms with E-state index in [-0.39, 0.29) is 22.9 Å². The van der Waals surface area contributed by atoms with Crippen molar-refractivity contribution in [2.45, 2.75) is 154 Å². The Labute approximate surface area is 265 Å². The summed E-state index contributed by atoms with van der Waals surface area (Å²) in [5.74, 6) is 2.73. The molecule has 0 spiro atoms. The zero-order valence-electron chi connectivity index (χ0n) is 27.9. The molecular weight excluding hydrogens is 548 g/mol. The third kappa shape index (κ3) is 6.97. The third-order valence-electron chi connectivity index (χ3n) is 11.9. The Hall–Kier alpha value is -2.18. The van der Waals surface area contributed by atoms with Crippen molar-refractivity contribution in [2.24, 2.45) is 23.2 Å². The van der Waals surface area contributed by atoms with Crippen molar-refractivity contribution >= 4 is 5.97 Å². The zero-order chi connectivity index (χ0) is 31.5. The third-order valence-corrected chi connectivity index (χ3v) is 11.9. The summed E-state index contributed by atoms with van der Waals surface area (Å²) in [5, 5.41) is 20.5. The summed E-state index contributed by atoms with van der Waals surface area (Å²) in [7, 11) is 0. The molecule has 1 aromatic rings. The van der Waals surface area contributed by atoms with Crippen molar-refractivity contribution < 1.29 is 19.7 Å². The SMILES string of the molecule is C=C1C(=CC=C2CCC[C@]3(C)[C@@H]([C@H](C)CC[C@@H](OC(=O)CCCC)C4(c5ncc(CCC)[nH]5)CC4)CC[C@@H]23)C[C@@H](O)C[C@@H]1O. The molecule has 44 heavy (non-hydrogen) atoms. The van der Waals surface area contributed by atoms with E-state index in [2.05, 4.69) is 51.4 Å². The lowest BCUT2D eigenvalue weighted by atomic mass is 9.60. The van der Waals surface area contributed by atoms with Crippen molar-refractivity contribution in [2.75, 3.05) is 0 Å². The number of esters is 1. The maximum absolute atomic E-state index is 12.9. The van der Waals surface area contributed by atoms with Gasteiger partial charge in [-0.05, 0) is 111 Å². The Balaban J connectivity index is 1.28.